The minimum absolute atomic E-state index is 0.516. The van der Waals surface area contributed by atoms with Crippen molar-refractivity contribution >= 4 is 11.3 Å². The molecule has 0 aliphatic rings. The van der Waals surface area contributed by atoms with E-state index in [4.69, 9.17) is 4.98 Å². The number of hydrogen-bond donors (Lipinski definition) is 1. The fourth-order valence-corrected chi connectivity index (χ4v) is 3.48. The van der Waals surface area contributed by atoms with Crippen molar-refractivity contribution in [2.24, 2.45) is 0 Å². The van der Waals surface area contributed by atoms with E-state index in [1.165, 1.54) is 26.7 Å². The number of rotatable bonds is 7. The molecule has 114 valence electrons. The summed E-state index contributed by atoms with van der Waals surface area (Å²) in [6.07, 6.45) is 3.19. The van der Waals surface area contributed by atoms with Crippen LogP contribution in [-0.4, -0.2) is 11.0 Å². The fraction of sp³-hybridized carbons (Fsp3) is 0.500. The average molecular weight is 302 g/mol. The van der Waals surface area contributed by atoms with Gasteiger partial charge in [-0.25, -0.2) is 4.98 Å². The molecule has 21 heavy (non-hydrogen) atoms. The summed E-state index contributed by atoms with van der Waals surface area (Å²) in [6.45, 7) is 9.69. The van der Waals surface area contributed by atoms with Crippen LogP contribution in [0.15, 0.2) is 24.3 Å². The number of hydrogen-bond acceptors (Lipinski definition) is 3. The van der Waals surface area contributed by atoms with E-state index in [2.05, 4.69) is 57.3 Å². The van der Waals surface area contributed by atoms with Crippen molar-refractivity contribution < 1.29 is 0 Å². The van der Waals surface area contributed by atoms with Gasteiger partial charge < -0.3 is 5.32 Å². The topological polar surface area (TPSA) is 24.9 Å². The Labute approximate surface area is 132 Å². The second kappa shape index (κ2) is 7.71. The number of nitrogens with one attached hydrogen (secondary N) is 1. The molecule has 2 aromatic rings. The lowest BCUT2D eigenvalue weighted by atomic mass is 10.1. The predicted octanol–water partition coefficient (Wildman–Crippen LogP) is 4.49. The van der Waals surface area contributed by atoms with Crippen molar-refractivity contribution in [2.75, 3.05) is 0 Å². The van der Waals surface area contributed by atoms with Crippen molar-refractivity contribution in [2.45, 2.75) is 59.5 Å². The van der Waals surface area contributed by atoms with Crippen LogP contribution in [0.4, 0.5) is 0 Å². The Kier molecular flexibility index (Phi) is 5.95. The van der Waals surface area contributed by atoms with Gasteiger partial charge in [-0.1, -0.05) is 57.0 Å². The Bertz CT molecular complexity index is 572. The van der Waals surface area contributed by atoms with Crippen LogP contribution in [0.25, 0.3) is 0 Å². The van der Waals surface area contributed by atoms with Crippen molar-refractivity contribution in [3.63, 3.8) is 0 Å². The van der Waals surface area contributed by atoms with Gasteiger partial charge in [0.2, 0.25) is 0 Å². The summed E-state index contributed by atoms with van der Waals surface area (Å²) >= 11 is 1.87. The number of nitrogens with zero attached hydrogens (tertiary/aromatic N) is 1. The summed E-state index contributed by atoms with van der Waals surface area (Å²) in [6, 6.07) is 9.24. The molecule has 2 rings (SSSR count). The van der Waals surface area contributed by atoms with Crippen LogP contribution in [0.2, 0.25) is 0 Å². The molecule has 0 amide bonds. The molecule has 0 aliphatic carbocycles. The standard InChI is InChI=1S/C18H26N2S/c1-5-7-16-17(12-19-13(2)3)21-18(20-16)11-15-9-6-8-14(4)10-15/h6,8-10,13,19H,5,7,11-12H2,1-4H3. The second-order valence-electron chi connectivity index (χ2n) is 5.93. The molecule has 0 radical (unpaired) electrons. The highest BCUT2D eigenvalue weighted by atomic mass is 32.1. The van der Waals surface area contributed by atoms with E-state index in [9.17, 15) is 0 Å². The van der Waals surface area contributed by atoms with E-state index in [1.807, 2.05) is 11.3 Å². The van der Waals surface area contributed by atoms with Gasteiger partial charge in [-0.05, 0) is 18.9 Å². The Morgan fingerprint density at radius 2 is 2.10 bits per heavy atom. The highest BCUT2D eigenvalue weighted by Gasteiger charge is 2.11. The number of thiazole rings is 1. The third-order valence-electron chi connectivity index (χ3n) is 3.42. The Balaban J connectivity index is 2.14. The first-order valence-corrected chi connectivity index (χ1v) is 8.66. The summed E-state index contributed by atoms with van der Waals surface area (Å²) in [4.78, 5) is 6.29. The molecule has 0 aliphatic heterocycles. The smallest absolute Gasteiger partial charge is 0.0975 e. The Morgan fingerprint density at radius 1 is 1.29 bits per heavy atom. The minimum Gasteiger partial charge on any atom is -0.310 e. The molecule has 2 nitrogen and oxygen atoms in total. The van der Waals surface area contributed by atoms with Gasteiger partial charge in [-0.2, -0.15) is 0 Å². The third-order valence-corrected chi connectivity index (χ3v) is 4.52. The van der Waals surface area contributed by atoms with Crippen molar-refractivity contribution in [1.29, 1.82) is 0 Å². The predicted molar refractivity (Wildman–Crippen MR) is 92.1 cm³/mol. The van der Waals surface area contributed by atoms with Crippen molar-refractivity contribution in [1.82, 2.24) is 10.3 Å². The lowest BCUT2D eigenvalue weighted by Gasteiger charge is -2.07. The normalized spacial score (nSPS) is 11.3. The Hall–Kier alpha value is -1.19. The lowest BCUT2D eigenvalue weighted by Crippen LogP contribution is -2.21. The first-order valence-electron chi connectivity index (χ1n) is 7.85. The van der Waals surface area contributed by atoms with Gasteiger partial charge in [-0.3, -0.25) is 0 Å². The quantitative estimate of drug-likeness (QED) is 0.815. The van der Waals surface area contributed by atoms with Gasteiger partial charge in [-0.15, -0.1) is 11.3 Å². The van der Waals surface area contributed by atoms with Crippen molar-refractivity contribution in [3.8, 4) is 0 Å². The first kappa shape index (κ1) is 16.2. The maximum Gasteiger partial charge on any atom is 0.0975 e. The molecule has 0 saturated heterocycles. The molecule has 1 aromatic heterocycles. The average Bonchev–Trinajstić information content (AvgIpc) is 2.79. The van der Waals surface area contributed by atoms with Crippen LogP contribution in [0.1, 0.15) is 53.9 Å². The SMILES string of the molecule is CCCc1nc(Cc2cccc(C)c2)sc1CNC(C)C. The zero-order chi connectivity index (χ0) is 15.2. The second-order valence-corrected chi connectivity index (χ2v) is 7.10. The van der Waals surface area contributed by atoms with Crippen LogP contribution in [0.5, 0.6) is 0 Å². The number of aryl methyl sites for hydroxylation is 2. The molecular formula is C18H26N2S. The molecule has 1 heterocycles. The summed E-state index contributed by atoms with van der Waals surface area (Å²) < 4.78 is 0. The number of aromatic nitrogens is 1. The summed E-state index contributed by atoms with van der Waals surface area (Å²) in [5.74, 6) is 0. The van der Waals surface area contributed by atoms with E-state index in [1.54, 1.807) is 0 Å². The van der Waals surface area contributed by atoms with Crippen LogP contribution in [0.3, 0.4) is 0 Å². The molecule has 3 heteroatoms. The van der Waals surface area contributed by atoms with Crippen LogP contribution < -0.4 is 5.32 Å². The van der Waals surface area contributed by atoms with E-state index >= 15 is 0 Å². The lowest BCUT2D eigenvalue weighted by molar-refractivity contribution is 0.589. The van der Waals surface area contributed by atoms with Crippen molar-refractivity contribution in [3.05, 3.63) is 51.0 Å². The molecule has 0 unspecified atom stereocenters. The third kappa shape index (κ3) is 4.94. The van der Waals surface area contributed by atoms with Gasteiger partial charge in [0, 0.05) is 23.9 Å². The Morgan fingerprint density at radius 3 is 2.76 bits per heavy atom. The van der Waals surface area contributed by atoms with Gasteiger partial charge >= 0.3 is 0 Å². The molecule has 1 N–H and O–H groups in total. The molecule has 0 saturated carbocycles. The maximum atomic E-state index is 4.88. The monoisotopic (exact) mass is 302 g/mol. The van der Waals surface area contributed by atoms with E-state index in [0.29, 0.717) is 6.04 Å². The highest BCUT2D eigenvalue weighted by Crippen LogP contribution is 2.23. The summed E-state index contributed by atoms with van der Waals surface area (Å²) in [5, 5.41) is 4.76. The fourth-order valence-electron chi connectivity index (χ4n) is 2.38. The van der Waals surface area contributed by atoms with Gasteiger partial charge in [0.05, 0.1) is 10.7 Å². The zero-order valence-electron chi connectivity index (χ0n) is 13.6. The van der Waals surface area contributed by atoms with E-state index in [0.717, 1.165) is 25.8 Å². The molecular weight excluding hydrogens is 276 g/mol. The highest BCUT2D eigenvalue weighted by molar-refractivity contribution is 7.11. The van der Waals surface area contributed by atoms with E-state index in [-0.39, 0.29) is 0 Å². The van der Waals surface area contributed by atoms with E-state index < -0.39 is 0 Å². The largest absolute Gasteiger partial charge is 0.310 e. The minimum atomic E-state index is 0.516. The van der Waals surface area contributed by atoms with Gasteiger partial charge in [0.25, 0.3) is 0 Å². The first-order chi connectivity index (χ1) is 10.1. The number of benzene rings is 1. The molecule has 1 aromatic carbocycles. The van der Waals surface area contributed by atoms with Crippen LogP contribution in [0, 0.1) is 6.92 Å². The molecule has 0 bridgehead atoms. The van der Waals surface area contributed by atoms with Crippen LogP contribution >= 0.6 is 11.3 Å². The molecule has 0 spiro atoms. The van der Waals surface area contributed by atoms with Gasteiger partial charge in [0.1, 0.15) is 0 Å². The summed E-state index contributed by atoms with van der Waals surface area (Å²) in [7, 11) is 0. The molecule has 0 atom stereocenters. The summed E-state index contributed by atoms with van der Waals surface area (Å²) in [5.41, 5.74) is 3.97. The maximum absolute atomic E-state index is 4.88. The molecule has 0 fully saturated rings. The zero-order valence-corrected chi connectivity index (χ0v) is 14.4. The van der Waals surface area contributed by atoms with Crippen LogP contribution in [-0.2, 0) is 19.4 Å². The van der Waals surface area contributed by atoms with Gasteiger partial charge in [0.15, 0.2) is 0 Å².